The molecule has 25 heavy (non-hydrogen) atoms. The summed E-state index contributed by atoms with van der Waals surface area (Å²) in [5, 5.41) is 2.68. The molecule has 2 fully saturated rings. The van der Waals surface area contributed by atoms with Crippen molar-refractivity contribution < 1.29 is 23.8 Å². The van der Waals surface area contributed by atoms with Crippen LogP contribution >= 0.6 is 0 Å². The van der Waals surface area contributed by atoms with Crippen LogP contribution in [0.3, 0.4) is 0 Å². The van der Waals surface area contributed by atoms with E-state index < -0.39 is 5.79 Å². The Kier molecular flexibility index (Phi) is 5.55. The van der Waals surface area contributed by atoms with E-state index in [0.717, 1.165) is 0 Å². The first-order valence-electron chi connectivity index (χ1n) is 8.69. The first kappa shape index (κ1) is 17.7. The van der Waals surface area contributed by atoms with E-state index >= 15 is 0 Å². The van der Waals surface area contributed by atoms with E-state index in [-0.39, 0.29) is 18.4 Å². The van der Waals surface area contributed by atoms with Gasteiger partial charge < -0.3 is 24.4 Å². The van der Waals surface area contributed by atoms with Crippen molar-refractivity contribution in [1.82, 2.24) is 10.2 Å². The number of carbonyl (C=O) groups is 2. The second kappa shape index (κ2) is 7.84. The van der Waals surface area contributed by atoms with Gasteiger partial charge in [0.1, 0.15) is 5.75 Å². The average molecular weight is 348 g/mol. The highest BCUT2D eigenvalue weighted by atomic mass is 16.7. The Morgan fingerprint density at radius 1 is 1.20 bits per heavy atom. The molecule has 2 aliphatic heterocycles. The molecule has 136 valence electrons. The quantitative estimate of drug-likeness (QED) is 0.865. The molecule has 2 heterocycles. The van der Waals surface area contributed by atoms with Crippen LogP contribution in [0.1, 0.15) is 30.1 Å². The molecule has 1 aromatic rings. The lowest BCUT2D eigenvalue weighted by molar-refractivity contribution is -0.187. The number of amides is 2. The zero-order chi connectivity index (χ0) is 17.7. The number of rotatable bonds is 5. The van der Waals surface area contributed by atoms with Gasteiger partial charge in [-0.2, -0.15) is 0 Å². The van der Waals surface area contributed by atoms with E-state index in [9.17, 15) is 9.59 Å². The van der Waals surface area contributed by atoms with Gasteiger partial charge in [-0.3, -0.25) is 9.59 Å². The molecule has 2 aliphatic rings. The van der Waals surface area contributed by atoms with E-state index in [1.165, 1.54) is 0 Å². The summed E-state index contributed by atoms with van der Waals surface area (Å²) in [5.74, 6) is -0.398. The molecule has 0 saturated carbocycles. The lowest BCUT2D eigenvalue weighted by Crippen LogP contribution is -2.49. The Labute approximate surface area is 147 Å². The highest BCUT2D eigenvalue weighted by Gasteiger charge is 2.40. The molecule has 0 aromatic heterocycles. The summed E-state index contributed by atoms with van der Waals surface area (Å²) in [7, 11) is 0. The Bertz CT molecular complexity index is 618. The number of piperidine rings is 1. The normalized spacial score (nSPS) is 19.0. The molecular formula is C18H24N2O5. The zero-order valence-electron chi connectivity index (χ0n) is 14.5. The van der Waals surface area contributed by atoms with Crippen LogP contribution in [0.4, 0.5) is 0 Å². The van der Waals surface area contributed by atoms with Crippen molar-refractivity contribution in [2.24, 2.45) is 0 Å². The van der Waals surface area contributed by atoms with Gasteiger partial charge in [-0.05, 0) is 19.1 Å². The van der Waals surface area contributed by atoms with Crippen molar-refractivity contribution in [2.45, 2.75) is 25.6 Å². The van der Waals surface area contributed by atoms with Crippen LogP contribution in [0.25, 0.3) is 0 Å². The van der Waals surface area contributed by atoms with E-state index in [2.05, 4.69) is 5.32 Å². The van der Waals surface area contributed by atoms with Crippen molar-refractivity contribution >= 4 is 11.8 Å². The average Bonchev–Trinajstić information content (AvgIpc) is 3.09. The Balaban J connectivity index is 1.50. The van der Waals surface area contributed by atoms with Crippen LogP contribution in [-0.2, 0) is 14.3 Å². The maximum absolute atomic E-state index is 12.3. The summed E-state index contributed by atoms with van der Waals surface area (Å²) in [4.78, 5) is 26.4. The largest absolute Gasteiger partial charge is 0.493 e. The molecule has 1 spiro atoms. The van der Waals surface area contributed by atoms with Gasteiger partial charge in [-0.1, -0.05) is 12.1 Å². The van der Waals surface area contributed by atoms with Gasteiger partial charge in [0.15, 0.2) is 5.79 Å². The summed E-state index contributed by atoms with van der Waals surface area (Å²) >= 11 is 0. The minimum absolute atomic E-state index is 0.0337. The van der Waals surface area contributed by atoms with Gasteiger partial charge in [0.05, 0.1) is 31.9 Å². The Hall–Kier alpha value is -2.12. The van der Waals surface area contributed by atoms with Gasteiger partial charge in [0, 0.05) is 25.9 Å². The highest BCUT2D eigenvalue weighted by molar-refractivity contribution is 5.98. The van der Waals surface area contributed by atoms with Crippen LogP contribution in [0, 0.1) is 0 Å². The molecule has 2 amide bonds. The highest BCUT2D eigenvalue weighted by Crippen LogP contribution is 2.31. The van der Waals surface area contributed by atoms with Gasteiger partial charge in [0.2, 0.25) is 5.91 Å². The number of hydrogen-bond donors (Lipinski definition) is 1. The molecule has 0 unspecified atom stereocenters. The summed E-state index contributed by atoms with van der Waals surface area (Å²) in [6.07, 6.45) is 1.33. The molecule has 1 N–H and O–H groups in total. The third-order valence-corrected chi connectivity index (χ3v) is 4.52. The predicted molar refractivity (Wildman–Crippen MR) is 90.4 cm³/mol. The van der Waals surface area contributed by atoms with Crippen molar-refractivity contribution in [3.8, 4) is 5.75 Å². The molecular weight excluding hydrogens is 324 g/mol. The molecule has 1 aromatic carbocycles. The molecule has 7 heteroatoms. The molecule has 0 aliphatic carbocycles. The third-order valence-electron chi connectivity index (χ3n) is 4.52. The molecule has 0 radical (unpaired) electrons. The van der Waals surface area contributed by atoms with Crippen LogP contribution in [-0.4, -0.2) is 62.0 Å². The SMILES string of the molecule is CCOc1ccccc1C(=O)NCC(=O)N1CCC2(CC1)OCCO2. The monoisotopic (exact) mass is 348 g/mol. The topological polar surface area (TPSA) is 77.1 Å². The lowest BCUT2D eigenvalue weighted by atomic mass is 10.0. The van der Waals surface area contributed by atoms with E-state index in [0.29, 0.717) is 57.1 Å². The van der Waals surface area contributed by atoms with E-state index in [1.807, 2.05) is 13.0 Å². The summed E-state index contributed by atoms with van der Waals surface area (Å²) < 4.78 is 16.8. The number of nitrogens with one attached hydrogen (secondary N) is 1. The van der Waals surface area contributed by atoms with Crippen LogP contribution in [0.15, 0.2) is 24.3 Å². The van der Waals surface area contributed by atoms with Gasteiger partial charge in [0.25, 0.3) is 5.91 Å². The first-order valence-corrected chi connectivity index (χ1v) is 8.69. The fourth-order valence-corrected chi connectivity index (χ4v) is 3.18. The number of carbonyl (C=O) groups excluding carboxylic acids is 2. The number of benzene rings is 1. The van der Waals surface area contributed by atoms with Crippen molar-refractivity contribution in [3.63, 3.8) is 0 Å². The second-order valence-corrected chi connectivity index (χ2v) is 6.10. The summed E-state index contributed by atoms with van der Waals surface area (Å²) in [6, 6.07) is 7.00. The fraction of sp³-hybridized carbons (Fsp3) is 0.556. The van der Waals surface area contributed by atoms with Gasteiger partial charge in [-0.15, -0.1) is 0 Å². The van der Waals surface area contributed by atoms with E-state index in [4.69, 9.17) is 14.2 Å². The molecule has 2 saturated heterocycles. The molecule has 3 rings (SSSR count). The van der Waals surface area contributed by atoms with Crippen LogP contribution in [0.5, 0.6) is 5.75 Å². The van der Waals surface area contributed by atoms with Gasteiger partial charge in [-0.25, -0.2) is 0 Å². The zero-order valence-corrected chi connectivity index (χ0v) is 14.5. The minimum Gasteiger partial charge on any atom is -0.493 e. The molecule has 0 atom stereocenters. The van der Waals surface area contributed by atoms with Crippen LogP contribution < -0.4 is 10.1 Å². The first-order chi connectivity index (χ1) is 12.1. The maximum Gasteiger partial charge on any atom is 0.255 e. The van der Waals surface area contributed by atoms with Crippen LogP contribution in [0.2, 0.25) is 0 Å². The number of hydrogen-bond acceptors (Lipinski definition) is 5. The number of nitrogens with zero attached hydrogens (tertiary/aromatic N) is 1. The number of likely N-dealkylation sites (tertiary alicyclic amines) is 1. The van der Waals surface area contributed by atoms with Crippen molar-refractivity contribution in [3.05, 3.63) is 29.8 Å². The Morgan fingerprint density at radius 3 is 2.56 bits per heavy atom. The minimum atomic E-state index is -0.504. The predicted octanol–water partition coefficient (Wildman–Crippen LogP) is 1.18. The Morgan fingerprint density at radius 2 is 1.88 bits per heavy atom. The smallest absolute Gasteiger partial charge is 0.255 e. The van der Waals surface area contributed by atoms with E-state index in [1.54, 1.807) is 23.1 Å². The standard InChI is InChI=1S/C18H24N2O5/c1-2-23-15-6-4-3-5-14(15)17(22)19-13-16(21)20-9-7-18(8-10-20)24-11-12-25-18/h3-6H,2,7-13H2,1H3,(H,19,22). The summed E-state index contributed by atoms with van der Waals surface area (Å²) in [6.45, 7) is 4.68. The number of ether oxygens (including phenoxy) is 3. The fourth-order valence-electron chi connectivity index (χ4n) is 3.18. The van der Waals surface area contributed by atoms with Gasteiger partial charge >= 0.3 is 0 Å². The van der Waals surface area contributed by atoms with Crippen molar-refractivity contribution in [1.29, 1.82) is 0 Å². The lowest BCUT2D eigenvalue weighted by Gasteiger charge is -2.37. The second-order valence-electron chi connectivity index (χ2n) is 6.10. The molecule has 7 nitrogen and oxygen atoms in total. The maximum atomic E-state index is 12.3. The molecule has 0 bridgehead atoms. The third kappa shape index (κ3) is 4.11. The number of para-hydroxylation sites is 1. The summed E-state index contributed by atoms with van der Waals surface area (Å²) in [5.41, 5.74) is 0.433. The van der Waals surface area contributed by atoms with Crippen molar-refractivity contribution in [2.75, 3.05) is 39.5 Å².